The lowest BCUT2D eigenvalue weighted by Crippen LogP contribution is -2.45. The highest BCUT2D eigenvalue weighted by molar-refractivity contribution is 9.10. The second-order valence-corrected chi connectivity index (χ2v) is 6.99. The van der Waals surface area contributed by atoms with Crippen LogP contribution in [0.1, 0.15) is 23.6 Å². The summed E-state index contributed by atoms with van der Waals surface area (Å²) in [6.45, 7) is 3.57. The number of carbonyl (C=O) groups excluding carboxylic acids is 1. The Morgan fingerprint density at radius 3 is 2.70 bits per heavy atom. The maximum Gasteiger partial charge on any atom is 0.248 e. The third-order valence-electron chi connectivity index (χ3n) is 4.27. The molecule has 2 aromatic rings. The molecule has 4 nitrogen and oxygen atoms in total. The topological polar surface area (TPSA) is 67.2 Å². The quantitative estimate of drug-likeness (QED) is 0.774. The Morgan fingerprint density at radius 1 is 1.22 bits per heavy atom. The van der Waals surface area contributed by atoms with E-state index in [1.54, 1.807) is 6.92 Å². The Labute approximate surface area is 144 Å². The maximum atomic E-state index is 12.6. The zero-order valence-electron chi connectivity index (χ0n) is 13.0. The van der Waals surface area contributed by atoms with Gasteiger partial charge in [-0.2, -0.15) is 0 Å². The number of hydrogen-bond acceptors (Lipinski definition) is 3. The van der Waals surface area contributed by atoms with Gasteiger partial charge in [-0.1, -0.05) is 34.1 Å². The van der Waals surface area contributed by atoms with Gasteiger partial charge in [0.1, 0.15) is 5.54 Å². The molecule has 1 aliphatic rings. The minimum atomic E-state index is -1.09. The van der Waals surface area contributed by atoms with Crippen LogP contribution in [0.25, 0.3) is 0 Å². The molecule has 2 aromatic carbocycles. The van der Waals surface area contributed by atoms with Crippen molar-refractivity contribution in [3.63, 3.8) is 0 Å². The summed E-state index contributed by atoms with van der Waals surface area (Å²) in [7, 11) is 0. The van der Waals surface area contributed by atoms with E-state index in [9.17, 15) is 4.79 Å². The molecule has 3 rings (SSSR count). The molecule has 0 fully saturated rings. The first kappa shape index (κ1) is 16.2. The molecule has 120 valence electrons. The summed E-state index contributed by atoms with van der Waals surface area (Å²) in [6, 6.07) is 13.5. The van der Waals surface area contributed by atoms with Gasteiger partial charge in [-0.25, -0.2) is 0 Å². The summed E-state index contributed by atoms with van der Waals surface area (Å²) in [5, 5.41) is 6.28. The summed E-state index contributed by atoms with van der Waals surface area (Å²) in [5.74, 6) is -0.219. The molecule has 1 unspecified atom stereocenters. The lowest BCUT2D eigenvalue weighted by Gasteiger charge is -2.25. The van der Waals surface area contributed by atoms with Crippen molar-refractivity contribution in [3.8, 4) is 0 Å². The number of amides is 1. The fourth-order valence-electron chi connectivity index (χ4n) is 2.75. The highest BCUT2D eigenvalue weighted by atomic mass is 79.9. The van der Waals surface area contributed by atoms with Crippen LogP contribution in [0.4, 0.5) is 5.69 Å². The summed E-state index contributed by atoms with van der Waals surface area (Å²) >= 11 is 3.39. The first-order valence-corrected chi connectivity index (χ1v) is 8.45. The van der Waals surface area contributed by atoms with E-state index in [1.165, 1.54) is 11.1 Å². The van der Waals surface area contributed by atoms with E-state index in [-0.39, 0.29) is 5.91 Å². The highest BCUT2D eigenvalue weighted by Gasteiger charge is 2.30. The largest absolute Gasteiger partial charge is 0.324 e. The van der Waals surface area contributed by atoms with Crippen molar-refractivity contribution in [3.05, 3.63) is 63.6 Å². The van der Waals surface area contributed by atoms with Gasteiger partial charge >= 0.3 is 0 Å². The molecule has 0 radical (unpaired) electrons. The Kier molecular flexibility index (Phi) is 4.53. The van der Waals surface area contributed by atoms with Gasteiger partial charge in [0, 0.05) is 16.7 Å². The lowest BCUT2D eigenvalue weighted by molar-refractivity contribution is -0.120. The molecular formula is C18H20BrN3O. The zero-order chi connectivity index (χ0) is 16.4. The van der Waals surface area contributed by atoms with E-state index in [1.807, 2.05) is 36.4 Å². The second-order valence-electron chi connectivity index (χ2n) is 6.07. The van der Waals surface area contributed by atoms with Crippen LogP contribution in [0.5, 0.6) is 0 Å². The number of fused-ring (bicyclic) bond motifs is 1. The lowest BCUT2D eigenvalue weighted by atomic mass is 9.92. The van der Waals surface area contributed by atoms with Gasteiger partial charge in [-0.15, -0.1) is 0 Å². The molecule has 1 aliphatic heterocycles. The van der Waals surface area contributed by atoms with E-state index in [0.29, 0.717) is 0 Å². The number of rotatable bonds is 3. The predicted octanol–water partition coefficient (Wildman–Crippen LogP) is 2.91. The smallest absolute Gasteiger partial charge is 0.248 e. The van der Waals surface area contributed by atoms with Crippen LogP contribution >= 0.6 is 15.9 Å². The van der Waals surface area contributed by atoms with Crippen molar-refractivity contribution in [2.75, 3.05) is 11.9 Å². The van der Waals surface area contributed by atoms with E-state index in [0.717, 1.165) is 35.2 Å². The highest BCUT2D eigenvalue weighted by Crippen LogP contribution is 2.24. The number of carbonyl (C=O) groups is 1. The van der Waals surface area contributed by atoms with Crippen LogP contribution in [-0.2, 0) is 23.3 Å². The van der Waals surface area contributed by atoms with E-state index in [2.05, 4.69) is 32.6 Å². The molecule has 0 saturated heterocycles. The molecule has 0 aromatic heterocycles. The Morgan fingerprint density at radius 2 is 1.96 bits per heavy atom. The number of anilines is 1. The molecule has 0 bridgehead atoms. The Bertz CT molecular complexity index is 726. The van der Waals surface area contributed by atoms with Crippen LogP contribution in [0.2, 0.25) is 0 Å². The minimum absolute atomic E-state index is 0.219. The summed E-state index contributed by atoms with van der Waals surface area (Å²) in [6.07, 6.45) is 1.02. The molecule has 5 heteroatoms. The van der Waals surface area contributed by atoms with Crippen molar-refractivity contribution in [1.82, 2.24) is 5.32 Å². The van der Waals surface area contributed by atoms with E-state index in [4.69, 9.17) is 5.73 Å². The number of halogens is 1. The van der Waals surface area contributed by atoms with Gasteiger partial charge in [-0.3, -0.25) is 4.79 Å². The second kappa shape index (κ2) is 6.43. The van der Waals surface area contributed by atoms with Gasteiger partial charge in [0.2, 0.25) is 5.91 Å². The zero-order valence-corrected chi connectivity index (χ0v) is 14.6. The first-order valence-electron chi connectivity index (χ1n) is 7.66. The van der Waals surface area contributed by atoms with E-state index < -0.39 is 5.54 Å². The van der Waals surface area contributed by atoms with Crippen LogP contribution in [0.15, 0.2) is 46.9 Å². The van der Waals surface area contributed by atoms with Crippen molar-refractivity contribution < 1.29 is 4.79 Å². The molecule has 23 heavy (non-hydrogen) atoms. The summed E-state index contributed by atoms with van der Waals surface area (Å²) in [4.78, 5) is 12.6. The molecule has 1 atom stereocenters. The number of nitrogens with two attached hydrogens (primary N) is 1. The molecular weight excluding hydrogens is 354 g/mol. The normalized spacial score (nSPS) is 16.3. The Balaban J connectivity index is 1.79. The van der Waals surface area contributed by atoms with Crippen molar-refractivity contribution in [1.29, 1.82) is 0 Å². The van der Waals surface area contributed by atoms with Crippen LogP contribution in [0, 0.1) is 0 Å². The molecule has 0 aliphatic carbocycles. The standard InChI is InChI=1S/C18H20BrN3O/c1-18(20,14-3-5-15(19)6-4-14)17(23)22-16-7-2-12-8-9-21-11-13(12)10-16/h2-7,10,21H,8-9,11,20H2,1H3,(H,22,23). The number of nitrogens with one attached hydrogen (secondary N) is 2. The monoisotopic (exact) mass is 373 g/mol. The van der Waals surface area contributed by atoms with Gasteiger partial charge in [0.15, 0.2) is 0 Å². The summed E-state index contributed by atoms with van der Waals surface area (Å²) < 4.78 is 0.958. The van der Waals surface area contributed by atoms with Crippen LogP contribution in [-0.4, -0.2) is 12.5 Å². The van der Waals surface area contributed by atoms with Gasteiger partial charge in [0.25, 0.3) is 0 Å². The minimum Gasteiger partial charge on any atom is -0.324 e. The molecule has 4 N–H and O–H groups in total. The fourth-order valence-corrected chi connectivity index (χ4v) is 3.01. The fraction of sp³-hybridized carbons (Fsp3) is 0.278. The Hall–Kier alpha value is -1.69. The van der Waals surface area contributed by atoms with Crippen molar-refractivity contribution in [2.24, 2.45) is 5.73 Å². The maximum absolute atomic E-state index is 12.6. The molecule has 0 saturated carbocycles. The summed E-state index contributed by atoms with van der Waals surface area (Å²) in [5.41, 5.74) is 9.32. The van der Waals surface area contributed by atoms with Crippen molar-refractivity contribution >= 4 is 27.5 Å². The van der Waals surface area contributed by atoms with Gasteiger partial charge in [0.05, 0.1) is 0 Å². The van der Waals surface area contributed by atoms with Crippen LogP contribution < -0.4 is 16.4 Å². The van der Waals surface area contributed by atoms with E-state index >= 15 is 0 Å². The number of hydrogen-bond donors (Lipinski definition) is 3. The predicted molar refractivity (Wildman–Crippen MR) is 96.2 cm³/mol. The van der Waals surface area contributed by atoms with Crippen LogP contribution in [0.3, 0.4) is 0 Å². The SMILES string of the molecule is CC(N)(C(=O)Nc1ccc2c(c1)CNCC2)c1ccc(Br)cc1. The number of benzene rings is 2. The van der Waals surface area contributed by atoms with Crippen molar-refractivity contribution in [2.45, 2.75) is 25.4 Å². The molecule has 0 spiro atoms. The third kappa shape index (κ3) is 3.47. The first-order chi connectivity index (χ1) is 11.0. The average molecular weight is 374 g/mol. The van der Waals surface area contributed by atoms with Gasteiger partial charge in [-0.05, 0) is 60.8 Å². The average Bonchev–Trinajstić information content (AvgIpc) is 2.55. The molecule has 1 heterocycles. The molecule has 1 amide bonds. The van der Waals surface area contributed by atoms with Gasteiger partial charge < -0.3 is 16.4 Å². The third-order valence-corrected chi connectivity index (χ3v) is 4.79.